The van der Waals surface area contributed by atoms with Crippen molar-refractivity contribution in [2.45, 2.75) is 25.8 Å². The average molecular weight is 370 g/mol. The maximum atomic E-state index is 10.2. The number of aldehydes is 1. The first-order valence-corrected chi connectivity index (χ1v) is 8.76. The van der Waals surface area contributed by atoms with Crippen molar-refractivity contribution in [3.05, 3.63) is 85.0 Å². The third kappa shape index (κ3) is 10.7. The van der Waals surface area contributed by atoms with Gasteiger partial charge in [0.1, 0.15) is 17.8 Å². The van der Waals surface area contributed by atoms with Crippen molar-refractivity contribution in [2.24, 2.45) is 5.73 Å². The van der Waals surface area contributed by atoms with Gasteiger partial charge in [-0.2, -0.15) is 0 Å². The molecule has 0 heterocycles. The number of hydrogen-bond donors (Lipinski definition) is 1. The lowest BCUT2D eigenvalue weighted by Gasteiger charge is -2.10. The molecule has 0 fully saturated rings. The summed E-state index contributed by atoms with van der Waals surface area (Å²) in [5.74, 6) is 1.56. The van der Waals surface area contributed by atoms with Gasteiger partial charge < -0.3 is 15.2 Å². The van der Waals surface area contributed by atoms with Gasteiger partial charge in [-0.05, 0) is 42.7 Å². The molecule has 2 rings (SSSR count). The number of rotatable bonds is 7. The molecule has 0 spiro atoms. The van der Waals surface area contributed by atoms with Crippen LogP contribution in [-0.4, -0.2) is 20.5 Å². The Morgan fingerprint density at radius 2 is 1.56 bits per heavy atom. The largest absolute Gasteiger partial charge is 0.497 e. The van der Waals surface area contributed by atoms with Crippen LogP contribution in [0.15, 0.2) is 73.8 Å². The molecule has 0 aliphatic carbocycles. The Labute approximate surface area is 163 Å². The lowest BCUT2D eigenvalue weighted by molar-refractivity contribution is 0.112. The Morgan fingerprint density at radius 3 is 2.04 bits per heavy atom. The number of carbonyl (C=O) groups is 1. The molecule has 1 atom stereocenters. The van der Waals surface area contributed by atoms with E-state index in [4.69, 9.17) is 15.2 Å². The molecule has 0 aromatic heterocycles. The smallest absolute Gasteiger partial charge is 0.150 e. The Balaban J connectivity index is 0.000000428. The maximum Gasteiger partial charge on any atom is 0.150 e. The summed E-state index contributed by atoms with van der Waals surface area (Å²) >= 11 is 0. The van der Waals surface area contributed by atoms with Crippen molar-refractivity contribution < 1.29 is 14.3 Å². The molecule has 0 radical (unpaired) electrons. The lowest BCUT2D eigenvalue weighted by atomic mass is 10.0. The van der Waals surface area contributed by atoms with Crippen molar-refractivity contribution in [3.8, 4) is 11.5 Å². The molecule has 4 heteroatoms. The van der Waals surface area contributed by atoms with Crippen LogP contribution >= 0.6 is 0 Å². The van der Waals surface area contributed by atoms with Gasteiger partial charge >= 0.3 is 0 Å². The normalized spacial score (nSPS) is 10.1. The first-order valence-electron chi connectivity index (χ1n) is 8.76. The molecule has 27 heavy (non-hydrogen) atoms. The van der Waals surface area contributed by atoms with Gasteiger partial charge in [0.25, 0.3) is 0 Å². The molecule has 0 amide bonds. The van der Waals surface area contributed by atoms with Crippen LogP contribution in [0.5, 0.6) is 11.5 Å². The minimum Gasteiger partial charge on any atom is -0.497 e. The SMILES string of the molecule is C=CCC.C=CCC(N)c1cccc(OC)c1.COc1cccc(C=O)c1. The topological polar surface area (TPSA) is 61.6 Å². The molecule has 0 aliphatic heterocycles. The number of benzene rings is 2. The molecule has 0 saturated carbocycles. The van der Waals surface area contributed by atoms with E-state index in [0.717, 1.165) is 30.4 Å². The number of hydrogen-bond acceptors (Lipinski definition) is 4. The Hall–Kier alpha value is -2.85. The van der Waals surface area contributed by atoms with Gasteiger partial charge in [-0.15, -0.1) is 13.2 Å². The molecule has 4 nitrogen and oxygen atoms in total. The van der Waals surface area contributed by atoms with Crippen LogP contribution < -0.4 is 15.2 Å². The van der Waals surface area contributed by atoms with Gasteiger partial charge in [0.15, 0.2) is 0 Å². The van der Waals surface area contributed by atoms with E-state index in [2.05, 4.69) is 20.1 Å². The minimum atomic E-state index is 0.0209. The third-order valence-electron chi connectivity index (χ3n) is 3.46. The second-order valence-corrected chi connectivity index (χ2v) is 5.50. The fraction of sp³-hybridized carbons (Fsp3) is 0.261. The first kappa shape index (κ1) is 24.1. The number of ether oxygens (including phenoxy) is 2. The van der Waals surface area contributed by atoms with Crippen molar-refractivity contribution in [1.82, 2.24) is 0 Å². The Morgan fingerprint density at radius 1 is 1.00 bits per heavy atom. The van der Waals surface area contributed by atoms with Crippen LogP contribution in [0.4, 0.5) is 0 Å². The summed E-state index contributed by atoms with van der Waals surface area (Å²) in [6, 6.07) is 14.8. The highest BCUT2D eigenvalue weighted by Crippen LogP contribution is 2.19. The van der Waals surface area contributed by atoms with Crippen LogP contribution in [0.2, 0.25) is 0 Å². The fourth-order valence-corrected chi connectivity index (χ4v) is 1.90. The molecule has 146 valence electrons. The highest BCUT2D eigenvalue weighted by atomic mass is 16.5. The van der Waals surface area contributed by atoms with Gasteiger partial charge in [-0.3, -0.25) is 4.79 Å². The summed E-state index contributed by atoms with van der Waals surface area (Å²) < 4.78 is 10.00. The molecule has 0 saturated heterocycles. The standard InChI is InChI=1S/C11H15NO.C8H8O2.C4H8/c1-3-5-11(12)9-6-4-7-10(8-9)13-2;1-10-8-4-2-3-7(5-8)6-9;1-3-4-2/h3-4,6-8,11H,1,5,12H2,2H3;2-6H,1H3;3H,1,4H2,2H3. The molecular weight excluding hydrogens is 338 g/mol. The van der Waals surface area contributed by atoms with E-state index in [1.807, 2.05) is 36.4 Å². The Kier molecular flexibility index (Phi) is 13.8. The van der Waals surface area contributed by atoms with Gasteiger partial charge in [0, 0.05) is 11.6 Å². The predicted octanol–water partition coefficient (Wildman–Crippen LogP) is 5.36. The van der Waals surface area contributed by atoms with Crippen molar-refractivity contribution in [3.63, 3.8) is 0 Å². The number of carbonyl (C=O) groups excluding carboxylic acids is 1. The van der Waals surface area contributed by atoms with E-state index in [9.17, 15) is 4.79 Å². The number of nitrogens with two attached hydrogens (primary N) is 1. The number of methoxy groups -OCH3 is 2. The highest BCUT2D eigenvalue weighted by molar-refractivity contribution is 5.75. The Bertz CT molecular complexity index is 683. The summed E-state index contributed by atoms with van der Waals surface area (Å²) in [7, 11) is 3.22. The number of allylic oxidation sites excluding steroid dienone is 1. The zero-order valence-electron chi connectivity index (χ0n) is 16.6. The zero-order chi connectivity index (χ0) is 20.5. The average Bonchev–Trinajstić information content (AvgIpc) is 2.74. The quantitative estimate of drug-likeness (QED) is 0.527. The predicted molar refractivity (Wildman–Crippen MR) is 114 cm³/mol. The van der Waals surface area contributed by atoms with Gasteiger partial charge in [-0.1, -0.05) is 43.3 Å². The van der Waals surface area contributed by atoms with Crippen LogP contribution in [0.3, 0.4) is 0 Å². The van der Waals surface area contributed by atoms with Crippen LogP contribution in [0.25, 0.3) is 0 Å². The van der Waals surface area contributed by atoms with Gasteiger partial charge in [0.05, 0.1) is 14.2 Å². The zero-order valence-corrected chi connectivity index (χ0v) is 16.6. The van der Waals surface area contributed by atoms with Gasteiger partial charge in [-0.25, -0.2) is 0 Å². The molecule has 0 aliphatic rings. The fourth-order valence-electron chi connectivity index (χ4n) is 1.90. The van der Waals surface area contributed by atoms with Crippen molar-refractivity contribution in [2.75, 3.05) is 14.2 Å². The van der Waals surface area contributed by atoms with Crippen molar-refractivity contribution in [1.29, 1.82) is 0 Å². The summed E-state index contributed by atoms with van der Waals surface area (Å²) in [5, 5.41) is 0. The summed E-state index contributed by atoms with van der Waals surface area (Å²) in [4.78, 5) is 10.2. The van der Waals surface area contributed by atoms with Crippen LogP contribution in [0.1, 0.15) is 41.7 Å². The van der Waals surface area contributed by atoms with Crippen molar-refractivity contribution >= 4 is 6.29 Å². The van der Waals surface area contributed by atoms with Crippen LogP contribution in [0, 0.1) is 0 Å². The summed E-state index contributed by atoms with van der Waals surface area (Å²) in [6.45, 7) is 9.20. The molecule has 0 bridgehead atoms. The second-order valence-electron chi connectivity index (χ2n) is 5.50. The summed E-state index contributed by atoms with van der Waals surface area (Å²) in [5.41, 5.74) is 7.62. The monoisotopic (exact) mass is 369 g/mol. The molecule has 2 aromatic carbocycles. The van der Waals surface area contributed by atoms with E-state index in [-0.39, 0.29) is 6.04 Å². The first-order chi connectivity index (χ1) is 13.1. The minimum absolute atomic E-state index is 0.0209. The molecule has 1 unspecified atom stereocenters. The molecule has 2 N–H and O–H groups in total. The lowest BCUT2D eigenvalue weighted by Crippen LogP contribution is -2.08. The van der Waals surface area contributed by atoms with E-state index in [1.54, 1.807) is 38.5 Å². The van der Waals surface area contributed by atoms with E-state index < -0.39 is 0 Å². The van der Waals surface area contributed by atoms with E-state index in [0.29, 0.717) is 11.3 Å². The van der Waals surface area contributed by atoms with Crippen LogP contribution in [-0.2, 0) is 0 Å². The molecule has 2 aromatic rings. The van der Waals surface area contributed by atoms with Gasteiger partial charge in [0.2, 0.25) is 0 Å². The highest BCUT2D eigenvalue weighted by Gasteiger charge is 2.03. The van der Waals surface area contributed by atoms with E-state index >= 15 is 0 Å². The molecular formula is C23H31NO3. The second kappa shape index (κ2) is 15.4. The third-order valence-corrected chi connectivity index (χ3v) is 3.46. The maximum absolute atomic E-state index is 10.2. The van der Waals surface area contributed by atoms with E-state index in [1.165, 1.54) is 0 Å². The summed E-state index contributed by atoms with van der Waals surface area (Å²) in [6.07, 6.45) is 6.36.